The van der Waals surface area contributed by atoms with E-state index in [0.29, 0.717) is 53.6 Å². The molecule has 1 amide bonds. The minimum absolute atomic E-state index is 0.0538. The SMILES string of the molecule is COc1ccc(C(=O)N2CCCN(c3ncccc3C#N)CC2)cc1C#Cc1ccccn1. The number of benzene rings is 1. The summed E-state index contributed by atoms with van der Waals surface area (Å²) in [5.41, 5.74) is 2.39. The van der Waals surface area contributed by atoms with Crippen LogP contribution in [0.5, 0.6) is 5.75 Å². The first kappa shape index (κ1) is 21.9. The van der Waals surface area contributed by atoms with E-state index in [2.05, 4.69) is 32.8 Å². The van der Waals surface area contributed by atoms with E-state index in [1.165, 1.54) is 0 Å². The van der Waals surface area contributed by atoms with Gasteiger partial charge in [-0.05, 0) is 54.8 Å². The maximum atomic E-state index is 13.3. The topological polar surface area (TPSA) is 82.4 Å². The van der Waals surface area contributed by atoms with Gasteiger partial charge in [0.25, 0.3) is 5.91 Å². The van der Waals surface area contributed by atoms with Gasteiger partial charge in [-0.2, -0.15) is 5.26 Å². The molecule has 0 aliphatic carbocycles. The van der Waals surface area contributed by atoms with E-state index in [0.717, 1.165) is 13.0 Å². The quantitative estimate of drug-likeness (QED) is 0.586. The van der Waals surface area contributed by atoms with Crippen LogP contribution in [0.2, 0.25) is 0 Å². The Bertz CT molecular complexity index is 1240. The maximum Gasteiger partial charge on any atom is 0.253 e. The second-order valence-electron chi connectivity index (χ2n) is 7.50. The Kier molecular flexibility index (Phi) is 6.82. The van der Waals surface area contributed by atoms with Crippen LogP contribution in [0.25, 0.3) is 0 Å². The predicted molar refractivity (Wildman–Crippen MR) is 125 cm³/mol. The molecule has 164 valence electrons. The van der Waals surface area contributed by atoms with Crippen LogP contribution < -0.4 is 9.64 Å². The van der Waals surface area contributed by atoms with Crippen LogP contribution >= 0.6 is 0 Å². The van der Waals surface area contributed by atoms with E-state index >= 15 is 0 Å². The first-order chi connectivity index (χ1) is 16.2. The number of rotatable bonds is 3. The van der Waals surface area contributed by atoms with Gasteiger partial charge in [0.15, 0.2) is 0 Å². The van der Waals surface area contributed by atoms with Gasteiger partial charge in [-0.3, -0.25) is 4.79 Å². The van der Waals surface area contributed by atoms with Crippen molar-refractivity contribution < 1.29 is 9.53 Å². The van der Waals surface area contributed by atoms with Gasteiger partial charge in [-0.25, -0.2) is 9.97 Å². The van der Waals surface area contributed by atoms with Gasteiger partial charge in [-0.1, -0.05) is 12.0 Å². The number of carbonyl (C=O) groups excluding carboxylic acids is 1. The molecule has 0 spiro atoms. The third kappa shape index (κ3) is 5.11. The number of methoxy groups -OCH3 is 1. The lowest BCUT2D eigenvalue weighted by Gasteiger charge is -2.23. The number of aromatic nitrogens is 2. The average Bonchev–Trinajstić information content (AvgIpc) is 3.13. The summed E-state index contributed by atoms with van der Waals surface area (Å²) in [7, 11) is 1.58. The molecule has 1 aromatic carbocycles. The average molecular weight is 438 g/mol. The van der Waals surface area contributed by atoms with Crippen molar-refractivity contribution in [2.75, 3.05) is 38.2 Å². The van der Waals surface area contributed by atoms with Crippen molar-refractivity contribution in [1.82, 2.24) is 14.9 Å². The summed E-state index contributed by atoms with van der Waals surface area (Å²) < 4.78 is 5.43. The van der Waals surface area contributed by atoms with E-state index in [4.69, 9.17) is 4.74 Å². The highest BCUT2D eigenvalue weighted by Gasteiger charge is 2.22. The normalized spacial score (nSPS) is 13.3. The lowest BCUT2D eigenvalue weighted by molar-refractivity contribution is 0.0767. The van der Waals surface area contributed by atoms with Crippen LogP contribution in [0.3, 0.4) is 0 Å². The third-order valence-electron chi connectivity index (χ3n) is 5.43. The highest BCUT2D eigenvalue weighted by molar-refractivity contribution is 5.95. The molecule has 3 aromatic rings. The summed E-state index contributed by atoms with van der Waals surface area (Å²) in [4.78, 5) is 25.8. The number of anilines is 1. The van der Waals surface area contributed by atoms with Crippen molar-refractivity contribution in [2.45, 2.75) is 6.42 Å². The molecule has 0 atom stereocenters. The lowest BCUT2D eigenvalue weighted by atomic mass is 10.1. The number of hydrogen-bond donors (Lipinski definition) is 0. The molecule has 7 nitrogen and oxygen atoms in total. The largest absolute Gasteiger partial charge is 0.495 e. The number of hydrogen-bond acceptors (Lipinski definition) is 6. The Morgan fingerprint density at radius 2 is 1.85 bits per heavy atom. The Morgan fingerprint density at radius 1 is 0.970 bits per heavy atom. The van der Waals surface area contributed by atoms with Gasteiger partial charge in [-0.15, -0.1) is 0 Å². The fourth-order valence-electron chi connectivity index (χ4n) is 3.76. The summed E-state index contributed by atoms with van der Waals surface area (Å²) in [6.07, 6.45) is 4.17. The monoisotopic (exact) mass is 437 g/mol. The number of amides is 1. The van der Waals surface area contributed by atoms with E-state index in [1.54, 1.807) is 49.8 Å². The number of pyridine rings is 2. The summed E-state index contributed by atoms with van der Waals surface area (Å²) >= 11 is 0. The highest BCUT2D eigenvalue weighted by atomic mass is 16.5. The zero-order valence-electron chi connectivity index (χ0n) is 18.4. The summed E-state index contributed by atoms with van der Waals surface area (Å²) in [6.45, 7) is 2.52. The molecule has 0 radical (unpaired) electrons. The van der Waals surface area contributed by atoms with Crippen molar-refractivity contribution in [1.29, 1.82) is 5.26 Å². The second kappa shape index (κ2) is 10.3. The number of ether oxygens (including phenoxy) is 1. The van der Waals surface area contributed by atoms with Crippen molar-refractivity contribution in [3.8, 4) is 23.7 Å². The zero-order valence-corrected chi connectivity index (χ0v) is 18.4. The Hall–Kier alpha value is -4.36. The van der Waals surface area contributed by atoms with Gasteiger partial charge < -0.3 is 14.5 Å². The van der Waals surface area contributed by atoms with Gasteiger partial charge in [0.2, 0.25) is 0 Å². The Labute approximate surface area is 193 Å². The molecule has 1 saturated heterocycles. The Morgan fingerprint density at radius 3 is 2.64 bits per heavy atom. The second-order valence-corrected chi connectivity index (χ2v) is 7.50. The minimum Gasteiger partial charge on any atom is -0.495 e. The molecular formula is C26H23N5O2. The molecule has 1 aliphatic rings. The van der Waals surface area contributed by atoms with Crippen LogP contribution in [-0.4, -0.2) is 54.1 Å². The molecule has 2 aromatic heterocycles. The van der Waals surface area contributed by atoms with Crippen LogP contribution in [0.15, 0.2) is 60.9 Å². The van der Waals surface area contributed by atoms with Crippen LogP contribution in [0.4, 0.5) is 5.82 Å². The fourth-order valence-corrected chi connectivity index (χ4v) is 3.76. The molecule has 7 heteroatoms. The molecule has 1 fully saturated rings. The van der Waals surface area contributed by atoms with Gasteiger partial charge >= 0.3 is 0 Å². The van der Waals surface area contributed by atoms with Crippen molar-refractivity contribution in [3.63, 3.8) is 0 Å². The third-order valence-corrected chi connectivity index (χ3v) is 5.43. The number of nitrogens with zero attached hydrogens (tertiary/aromatic N) is 5. The minimum atomic E-state index is -0.0538. The molecule has 3 heterocycles. The molecule has 1 aliphatic heterocycles. The first-order valence-electron chi connectivity index (χ1n) is 10.7. The van der Waals surface area contributed by atoms with Crippen molar-refractivity contribution in [3.05, 3.63) is 83.3 Å². The van der Waals surface area contributed by atoms with E-state index in [9.17, 15) is 10.1 Å². The van der Waals surface area contributed by atoms with Crippen molar-refractivity contribution >= 4 is 11.7 Å². The maximum absolute atomic E-state index is 13.3. The smallest absolute Gasteiger partial charge is 0.253 e. The van der Waals surface area contributed by atoms with Gasteiger partial charge in [0.05, 0.1) is 18.2 Å². The summed E-state index contributed by atoms with van der Waals surface area (Å²) in [5, 5.41) is 9.39. The highest BCUT2D eigenvalue weighted by Crippen LogP contribution is 2.22. The summed E-state index contributed by atoms with van der Waals surface area (Å²) in [6, 6.07) is 16.6. The van der Waals surface area contributed by atoms with Crippen LogP contribution in [0, 0.1) is 23.2 Å². The lowest BCUT2D eigenvalue weighted by Crippen LogP contribution is -2.35. The zero-order chi connectivity index (χ0) is 23.0. The fraction of sp³-hybridized carbons (Fsp3) is 0.231. The molecule has 0 unspecified atom stereocenters. The molecule has 4 rings (SSSR count). The molecule has 0 bridgehead atoms. The molecule has 0 saturated carbocycles. The van der Waals surface area contributed by atoms with Gasteiger partial charge in [0.1, 0.15) is 23.3 Å². The Balaban J connectivity index is 1.52. The molecule has 33 heavy (non-hydrogen) atoms. The van der Waals surface area contributed by atoms with Crippen LogP contribution in [0.1, 0.15) is 33.6 Å². The molecule has 0 N–H and O–H groups in total. The predicted octanol–water partition coefficient (Wildman–Crippen LogP) is 3.11. The summed E-state index contributed by atoms with van der Waals surface area (Å²) in [5.74, 6) is 7.32. The standard InChI is InChI=1S/C26H23N5O2/c1-33-24-11-9-21(18-20(24)8-10-23-7-2-3-12-28-23)26(32)31-15-5-14-30(16-17-31)25-22(19-27)6-4-13-29-25/h2-4,6-7,9,11-13,18H,5,14-17H2,1H3. The van der Waals surface area contributed by atoms with Crippen LogP contribution in [-0.2, 0) is 0 Å². The first-order valence-corrected chi connectivity index (χ1v) is 10.7. The number of carbonyl (C=O) groups is 1. The van der Waals surface area contributed by atoms with E-state index in [1.807, 2.05) is 23.1 Å². The van der Waals surface area contributed by atoms with E-state index in [-0.39, 0.29) is 5.91 Å². The molecular weight excluding hydrogens is 414 g/mol. The van der Waals surface area contributed by atoms with Gasteiger partial charge in [0, 0.05) is 44.1 Å². The number of nitriles is 1. The van der Waals surface area contributed by atoms with E-state index < -0.39 is 0 Å². The van der Waals surface area contributed by atoms with Crippen molar-refractivity contribution in [2.24, 2.45) is 0 Å².